The van der Waals surface area contributed by atoms with E-state index in [4.69, 9.17) is 25.8 Å². The molecule has 0 unspecified atom stereocenters. The summed E-state index contributed by atoms with van der Waals surface area (Å²) in [6.07, 6.45) is 1.57. The summed E-state index contributed by atoms with van der Waals surface area (Å²) in [5, 5.41) is 0.559. The van der Waals surface area contributed by atoms with Crippen LogP contribution >= 0.6 is 11.6 Å². The first-order chi connectivity index (χ1) is 15.4. The van der Waals surface area contributed by atoms with Gasteiger partial charge in [0.1, 0.15) is 0 Å². The van der Waals surface area contributed by atoms with Crippen LogP contribution in [0.25, 0.3) is 6.08 Å². The molecule has 0 N–H and O–H groups in total. The van der Waals surface area contributed by atoms with Gasteiger partial charge in [0.2, 0.25) is 5.90 Å². The molecule has 0 atom stereocenters. The second-order valence-electron chi connectivity index (χ2n) is 6.97. The molecule has 0 aliphatic carbocycles. The van der Waals surface area contributed by atoms with Crippen molar-refractivity contribution >= 4 is 35.5 Å². The molecule has 0 amide bonds. The number of carbonyl (C=O) groups excluding carboxylic acids is 2. The maximum Gasteiger partial charge on any atom is 0.363 e. The molecule has 1 aliphatic heterocycles. The van der Waals surface area contributed by atoms with Crippen molar-refractivity contribution in [2.24, 2.45) is 4.99 Å². The maximum absolute atomic E-state index is 12.3. The van der Waals surface area contributed by atoms with Gasteiger partial charge in [-0.25, -0.2) is 14.6 Å². The Balaban J connectivity index is 1.58. The fraction of sp³-hybridized carbons (Fsp3) is 0.0800. The zero-order valence-corrected chi connectivity index (χ0v) is 18.1. The van der Waals surface area contributed by atoms with Gasteiger partial charge in [-0.3, -0.25) is 0 Å². The van der Waals surface area contributed by atoms with Crippen LogP contribution in [0.2, 0.25) is 5.02 Å². The lowest BCUT2D eigenvalue weighted by atomic mass is 10.1. The van der Waals surface area contributed by atoms with Crippen molar-refractivity contribution in [2.75, 3.05) is 7.11 Å². The second kappa shape index (κ2) is 9.08. The maximum atomic E-state index is 12.3. The third kappa shape index (κ3) is 4.55. The van der Waals surface area contributed by atoms with Gasteiger partial charge in [-0.1, -0.05) is 41.9 Å². The van der Waals surface area contributed by atoms with Gasteiger partial charge in [-0.15, -0.1) is 0 Å². The quantitative estimate of drug-likeness (QED) is 0.304. The lowest BCUT2D eigenvalue weighted by molar-refractivity contribution is -0.129. The van der Waals surface area contributed by atoms with Crippen LogP contribution in [-0.2, 0) is 9.53 Å². The summed E-state index contributed by atoms with van der Waals surface area (Å²) in [6.45, 7) is 1.88. The van der Waals surface area contributed by atoms with Crippen LogP contribution in [0, 0.1) is 6.92 Å². The molecular formula is C25H18ClNO5. The summed E-state index contributed by atoms with van der Waals surface area (Å²) >= 11 is 6.16. The van der Waals surface area contributed by atoms with Crippen molar-refractivity contribution in [3.8, 4) is 11.5 Å². The van der Waals surface area contributed by atoms with Crippen LogP contribution in [0.4, 0.5) is 0 Å². The summed E-state index contributed by atoms with van der Waals surface area (Å²) < 4.78 is 16.1. The fourth-order valence-corrected chi connectivity index (χ4v) is 3.19. The number of ether oxygens (including phenoxy) is 3. The molecule has 0 radical (unpaired) electrons. The number of hydrogen-bond donors (Lipinski definition) is 0. The van der Waals surface area contributed by atoms with E-state index in [0.717, 1.165) is 5.56 Å². The van der Waals surface area contributed by atoms with Crippen LogP contribution in [0.15, 0.2) is 77.4 Å². The van der Waals surface area contributed by atoms with Gasteiger partial charge in [0.15, 0.2) is 17.2 Å². The number of rotatable bonds is 5. The second-order valence-corrected chi connectivity index (χ2v) is 7.37. The van der Waals surface area contributed by atoms with E-state index in [9.17, 15) is 9.59 Å². The Morgan fingerprint density at radius 2 is 1.81 bits per heavy atom. The first kappa shape index (κ1) is 21.3. The number of carbonyl (C=O) groups is 2. The standard InChI is InChI=1S/C25H18ClNO5/c1-15-8-10-18(14-19(15)26)23-27-20(25(29)32-23)12-16-9-11-21(22(13-16)30-2)31-24(28)17-6-4-3-5-7-17/h3-14H,1-2H3/b20-12+. The lowest BCUT2D eigenvalue weighted by Gasteiger charge is -2.10. The Kier molecular flexibility index (Phi) is 6.05. The molecule has 0 fully saturated rings. The lowest BCUT2D eigenvalue weighted by Crippen LogP contribution is -2.09. The highest BCUT2D eigenvalue weighted by molar-refractivity contribution is 6.31. The average Bonchev–Trinajstić information content (AvgIpc) is 3.17. The van der Waals surface area contributed by atoms with Crippen molar-refractivity contribution in [2.45, 2.75) is 6.92 Å². The summed E-state index contributed by atoms with van der Waals surface area (Å²) in [7, 11) is 1.47. The third-order valence-electron chi connectivity index (χ3n) is 4.74. The summed E-state index contributed by atoms with van der Waals surface area (Å²) in [5.41, 5.74) is 2.70. The summed E-state index contributed by atoms with van der Waals surface area (Å²) in [6, 6.07) is 18.9. The first-order valence-corrected chi connectivity index (χ1v) is 10.1. The topological polar surface area (TPSA) is 74.2 Å². The van der Waals surface area contributed by atoms with E-state index >= 15 is 0 Å². The number of benzene rings is 3. The van der Waals surface area contributed by atoms with Crippen LogP contribution in [0.3, 0.4) is 0 Å². The number of cyclic esters (lactones) is 1. The number of nitrogens with zero attached hydrogens (tertiary/aromatic N) is 1. The number of aliphatic imine (C=N–C) groups is 1. The highest BCUT2D eigenvalue weighted by atomic mass is 35.5. The van der Waals surface area contributed by atoms with E-state index < -0.39 is 11.9 Å². The zero-order valence-electron chi connectivity index (χ0n) is 17.3. The Morgan fingerprint density at radius 1 is 1.03 bits per heavy atom. The van der Waals surface area contributed by atoms with E-state index in [0.29, 0.717) is 27.5 Å². The first-order valence-electron chi connectivity index (χ1n) is 9.69. The Labute approximate surface area is 189 Å². The largest absolute Gasteiger partial charge is 0.493 e. The van der Waals surface area contributed by atoms with E-state index in [1.165, 1.54) is 7.11 Å². The predicted octanol–water partition coefficient (Wildman–Crippen LogP) is 5.22. The molecule has 32 heavy (non-hydrogen) atoms. The minimum Gasteiger partial charge on any atom is -0.493 e. The summed E-state index contributed by atoms with van der Waals surface area (Å²) in [4.78, 5) is 28.9. The molecule has 1 aliphatic rings. The highest BCUT2D eigenvalue weighted by Crippen LogP contribution is 2.30. The third-order valence-corrected chi connectivity index (χ3v) is 5.15. The number of methoxy groups -OCH3 is 1. The van der Waals surface area contributed by atoms with Crippen LogP contribution in [0.5, 0.6) is 11.5 Å². The van der Waals surface area contributed by atoms with Crippen LogP contribution < -0.4 is 9.47 Å². The molecule has 3 aromatic rings. The average molecular weight is 448 g/mol. The van der Waals surface area contributed by atoms with E-state index in [-0.39, 0.29) is 17.3 Å². The molecule has 0 aromatic heterocycles. The fourth-order valence-electron chi connectivity index (χ4n) is 3.01. The SMILES string of the molecule is COc1cc(/C=C2/N=C(c3ccc(C)c(Cl)c3)OC2=O)ccc1OC(=O)c1ccccc1. The van der Waals surface area contributed by atoms with Gasteiger partial charge >= 0.3 is 11.9 Å². The molecule has 4 rings (SSSR count). The Morgan fingerprint density at radius 3 is 2.53 bits per heavy atom. The van der Waals surface area contributed by atoms with Gasteiger partial charge in [-0.2, -0.15) is 0 Å². The minimum absolute atomic E-state index is 0.132. The predicted molar refractivity (Wildman–Crippen MR) is 121 cm³/mol. The van der Waals surface area contributed by atoms with Gasteiger partial charge in [0, 0.05) is 10.6 Å². The molecule has 160 valence electrons. The zero-order chi connectivity index (χ0) is 22.7. The molecule has 7 heteroatoms. The van der Waals surface area contributed by atoms with Crippen molar-refractivity contribution < 1.29 is 23.8 Å². The van der Waals surface area contributed by atoms with Gasteiger partial charge in [-0.05, 0) is 60.5 Å². The van der Waals surface area contributed by atoms with Crippen LogP contribution in [-0.4, -0.2) is 24.9 Å². The Bertz CT molecular complexity index is 1260. The molecule has 0 spiro atoms. The van der Waals surface area contributed by atoms with Crippen molar-refractivity contribution in [1.29, 1.82) is 0 Å². The van der Waals surface area contributed by atoms with Crippen molar-refractivity contribution in [3.05, 3.63) is 99.7 Å². The summed E-state index contributed by atoms with van der Waals surface area (Å²) in [5.74, 6) is -0.292. The molecular weight excluding hydrogens is 430 g/mol. The highest BCUT2D eigenvalue weighted by Gasteiger charge is 2.24. The van der Waals surface area contributed by atoms with Crippen molar-refractivity contribution in [3.63, 3.8) is 0 Å². The molecule has 0 bridgehead atoms. The monoisotopic (exact) mass is 447 g/mol. The van der Waals surface area contributed by atoms with E-state index in [1.807, 2.05) is 19.1 Å². The number of hydrogen-bond acceptors (Lipinski definition) is 6. The minimum atomic E-state index is -0.574. The molecule has 0 saturated heterocycles. The Hall–Kier alpha value is -3.90. The number of esters is 2. The smallest absolute Gasteiger partial charge is 0.363 e. The number of halogens is 1. The van der Waals surface area contributed by atoms with Gasteiger partial charge in [0.25, 0.3) is 0 Å². The normalized spacial score (nSPS) is 14.2. The van der Waals surface area contributed by atoms with E-state index in [1.54, 1.807) is 60.7 Å². The van der Waals surface area contributed by atoms with Gasteiger partial charge < -0.3 is 14.2 Å². The van der Waals surface area contributed by atoms with Crippen molar-refractivity contribution in [1.82, 2.24) is 0 Å². The molecule has 6 nitrogen and oxygen atoms in total. The molecule has 1 heterocycles. The molecule has 3 aromatic carbocycles. The van der Waals surface area contributed by atoms with Crippen LogP contribution in [0.1, 0.15) is 27.0 Å². The van der Waals surface area contributed by atoms with E-state index in [2.05, 4.69) is 4.99 Å². The number of aryl methyl sites for hydroxylation is 1. The molecule has 0 saturated carbocycles. The van der Waals surface area contributed by atoms with Gasteiger partial charge in [0.05, 0.1) is 12.7 Å².